The molecular formula is C22H18N2O4S. The second kappa shape index (κ2) is 6.95. The number of imide groups is 1. The first-order valence-electron chi connectivity index (χ1n) is 8.95. The van der Waals surface area contributed by atoms with E-state index in [9.17, 15) is 18.0 Å². The standard InChI is InChI=1S/C22H18N2O4S/c23-29(27,28)19-13-11-18(12-14-19)24-20(25)15-22(21(24)26,16-7-3-1-4-8-16)17-9-5-2-6-10-17/h1-14H,15H2,(H2,23,27,28). The SMILES string of the molecule is NS(=O)(=O)c1ccc(N2C(=O)CC(c3ccccc3)(c3ccccc3)C2=O)cc1. The smallest absolute Gasteiger partial charge is 0.249 e. The van der Waals surface area contributed by atoms with Gasteiger partial charge in [-0.1, -0.05) is 60.7 Å². The number of carbonyl (C=O) groups is 2. The maximum atomic E-state index is 13.7. The molecule has 29 heavy (non-hydrogen) atoms. The predicted molar refractivity (Wildman–Crippen MR) is 109 cm³/mol. The summed E-state index contributed by atoms with van der Waals surface area (Å²) in [6.07, 6.45) is -0.0171. The van der Waals surface area contributed by atoms with Gasteiger partial charge in [0.15, 0.2) is 0 Å². The number of nitrogens with zero attached hydrogens (tertiary/aromatic N) is 1. The molecule has 0 bridgehead atoms. The van der Waals surface area contributed by atoms with Gasteiger partial charge in [0.2, 0.25) is 21.8 Å². The van der Waals surface area contributed by atoms with Crippen molar-refractivity contribution in [3.63, 3.8) is 0 Å². The molecule has 1 fully saturated rings. The van der Waals surface area contributed by atoms with Crippen LogP contribution in [0.5, 0.6) is 0 Å². The van der Waals surface area contributed by atoms with Crippen molar-refractivity contribution in [1.29, 1.82) is 0 Å². The van der Waals surface area contributed by atoms with Crippen LogP contribution in [0.25, 0.3) is 0 Å². The maximum Gasteiger partial charge on any atom is 0.249 e. The van der Waals surface area contributed by atoms with E-state index in [1.165, 1.54) is 24.3 Å². The predicted octanol–water partition coefficient (Wildman–Crippen LogP) is 2.58. The molecule has 3 aromatic carbocycles. The Balaban J connectivity index is 1.84. The summed E-state index contributed by atoms with van der Waals surface area (Å²) in [5, 5.41) is 5.13. The van der Waals surface area contributed by atoms with Crippen LogP contribution in [0.1, 0.15) is 17.5 Å². The molecule has 2 N–H and O–H groups in total. The van der Waals surface area contributed by atoms with E-state index in [4.69, 9.17) is 5.14 Å². The number of rotatable bonds is 4. The highest BCUT2D eigenvalue weighted by Gasteiger charge is 2.54. The molecule has 0 radical (unpaired) electrons. The molecule has 2 amide bonds. The van der Waals surface area contributed by atoms with Crippen molar-refractivity contribution in [3.8, 4) is 0 Å². The average Bonchev–Trinajstić information content (AvgIpc) is 3.00. The lowest BCUT2D eigenvalue weighted by Gasteiger charge is -2.28. The zero-order valence-corrected chi connectivity index (χ0v) is 16.2. The third-order valence-electron chi connectivity index (χ3n) is 5.19. The van der Waals surface area contributed by atoms with Crippen molar-refractivity contribution >= 4 is 27.5 Å². The first-order chi connectivity index (χ1) is 13.8. The molecule has 1 heterocycles. The normalized spacial score (nSPS) is 16.2. The molecule has 1 aliphatic heterocycles. The minimum Gasteiger partial charge on any atom is -0.274 e. The molecule has 0 saturated carbocycles. The van der Waals surface area contributed by atoms with E-state index in [0.29, 0.717) is 5.69 Å². The first kappa shape index (κ1) is 19.0. The van der Waals surface area contributed by atoms with Crippen molar-refractivity contribution in [2.24, 2.45) is 5.14 Å². The third-order valence-corrected chi connectivity index (χ3v) is 6.12. The number of hydrogen-bond donors (Lipinski definition) is 1. The molecule has 0 aliphatic carbocycles. The van der Waals surface area contributed by atoms with Crippen LogP contribution in [-0.2, 0) is 25.0 Å². The van der Waals surface area contributed by atoms with Crippen LogP contribution in [0.4, 0.5) is 5.69 Å². The number of hydrogen-bond acceptors (Lipinski definition) is 4. The summed E-state index contributed by atoms with van der Waals surface area (Å²) in [6, 6.07) is 23.8. The van der Waals surface area contributed by atoms with Crippen molar-refractivity contribution in [1.82, 2.24) is 0 Å². The monoisotopic (exact) mass is 406 g/mol. The van der Waals surface area contributed by atoms with Gasteiger partial charge in [0.25, 0.3) is 0 Å². The molecule has 0 spiro atoms. The van der Waals surface area contributed by atoms with Gasteiger partial charge < -0.3 is 0 Å². The average molecular weight is 406 g/mol. The Kier molecular flexibility index (Phi) is 4.56. The van der Waals surface area contributed by atoms with Gasteiger partial charge in [-0.2, -0.15) is 0 Å². The first-order valence-corrected chi connectivity index (χ1v) is 10.5. The number of sulfonamides is 1. The fraction of sp³-hybridized carbons (Fsp3) is 0.0909. The fourth-order valence-corrected chi connectivity index (χ4v) is 4.31. The van der Waals surface area contributed by atoms with Crippen molar-refractivity contribution < 1.29 is 18.0 Å². The summed E-state index contributed by atoms with van der Waals surface area (Å²) in [5.74, 6) is -0.727. The van der Waals surface area contributed by atoms with Crippen LogP contribution in [-0.4, -0.2) is 20.2 Å². The van der Waals surface area contributed by atoms with Gasteiger partial charge in [-0.25, -0.2) is 18.5 Å². The van der Waals surface area contributed by atoms with E-state index in [1.807, 2.05) is 60.7 Å². The minimum absolute atomic E-state index is 0.0171. The van der Waals surface area contributed by atoms with Gasteiger partial charge in [-0.3, -0.25) is 9.59 Å². The number of carbonyl (C=O) groups excluding carboxylic acids is 2. The Morgan fingerprint density at radius 2 is 1.24 bits per heavy atom. The highest BCUT2D eigenvalue weighted by atomic mass is 32.2. The van der Waals surface area contributed by atoms with Gasteiger partial charge in [0.1, 0.15) is 5.41 Å². The van der Waals surface area contributed by atoms with Gasteiger partial charge in [-0.05, 0) is 35.4 Å². The largest absolute Gasteiger partial charge is 0.274 e. The molecule has 3 aromatic rings. The molecule has 1 saturated heterocycles. The molecule has 6 nitrogen and oxygen atoms in total. The number of benzene rings is 3. The number of amides is 2. The topological polar surface area (TPSA) is 97.5 Å². The molecule has 7 heteroatoms. The number of anilines is 1. The van der Waals surface area contributed by atoms with Crippen LogP contribution in [0, 0.1) is 0 Å². The van der Waals surface area contributed by atoms with Crippen LogP contribution < -0.4 is 10.0 Å². The van der Waals surface area contributed by atoms with Crippen LogP contribution in [0.3, 0.4) is 0 Å². The number of primary sulfonamides is 1. The zero-order chi connectivity index (χ0) is 20.6. The Labute approximate surface area is 168 Å². The molecule has 0 atom stereocenters. The third kappa shape index (κ3) is 3.14. The molecule has 4 rings (SSSR count). The summed E-state index contributed by atoms with van der Waals surface area (Å²) in [7, 11) is -3.87. The number of nitrogens with two attached hydrogens (primary N) is 1. The Hall–Kier alpha value is -3.29. The van der Waals surface area contributed by atoms with Gasteiger partial charge in [0, 0.05) is 0 Å². The minimum atomic E-state index is -3.87. The summed E-state index contributed by atoms with van der Waals surface area (Å²) in [5.41, 5.74) is 0.626. The van der Waals surface area contributed by atoms with E-state index in [1.54, 1.807) is 0 Å². The summed E-state index contributed by atoms with van der Waals surface area (Å²) < 4.78 is 23.0. The maximum absolute atomic E-state index is 13.7. The Bertz CT molecular complexity index is 1140. The van der Waals surface area contributed by atoms with E-state index >= 15 is 0 Å². The summed E-state index contributed by atoms with van der Waals surface area (Å²) in [4.78, 5) is 27.7. The lowest BCUT2D eigenvalue weighted by atomic mass is 9.73. The highest BCUT2D eigenvalue weighted by molar-refractivity contribution is 7.89. The van der Waals surface area contributed by atoms with Gasteiger partial charge in [0.05, 0.1) is 17.0 Å². The molecule has 0 aromatic heterocycles. The molecule has 1 aliphatic rings. The van der Waals surface area contributed by atoms with E-state index < -0.39 is 15.4 Å². The molecule has 0 unspecified atom stereocenters. The molecule has 146 valence electrons. The van der Waals surface area contributed by atoms with Gasteiger partial charge >= 0.3 is 0 Å². The Morgan fingerprint density at radius 3 is 1.69 bits per heavy atom. The van der Waals surface area contributed by atoms with Gasteiger partial charge in [-0.15, -0.1) is 0 Å². The van der Waals surface area contributed by atoms with Crippen LogP contribution in [0.2, 0.25) is 0 Å². The fourth-order valence-electron chi connectivity index (χ4n) is 3.79. The zero-order valence-electron chi connectivity index (χ0n) is 15.4. The highest BCUT2D eigenvalue weighted by Crippen LogP contribution is 2.44. The Morgan fingerprint density at radius 1 is 0.759 bits per heavy atom. The second-order valence-corrected chi connectivity index (χ2v) is 8.45. The second-order valence-electron chi connectivity index (χ2n) is 6.89. The lowest BCUT2D eigenvalue weighted by Crippen LogP contribution is -2.39. The van der Waals surface area contributed by atoms with E-state index in [-0.39, 0.29) is 23.1 Å². The summed E-state index contributed by atoms with van der Waals surface area (Å²) >= 11 is 0. The van der Waals surface area contributed by atoms with Crippen LogP contribution >= 0.6 is 0 Å². The van der Waals surface area contributed by atoms with E-state index in [2.05, 4.69) is 0 Å². The van der Waals surface area contributed by atoms with E-state index in [0.717, 1.165) is 16.0 Å². The van der Waals surface area contributed by atoms with Crippen molar-refractivity contribution in [2.45, 2.75) is 16.7 Å². The lowest BCUT2D eigenvalue weighted by molar-refractivity contribution is -0.122. The molecular weight excluding hydrogens is 388 g/mol. The van der Waals surface area contributed by atoms with Crippen molar-refractivity contribution in [2.75, 3.05) is 4.90 Å². The van der Waals surface area contributed by atoms with Crippen LogP contribution in [0.15, 0.2) is 89.8 Å². The quantitative estimate of drug-likeness (QED) is 0.674. The summed E-state index contributed by atoms with van der Waals surface area (Å²) in [6.45, 7) is 0. The van der Waals surface area contributed by atoms with Crippen molar-refractivity contribution in [3.05, 3.63) is 96.1 Å².